The third-order valence-corrected chi connectivity index (χ3v) is 3.86. The molecule has 4 nitrogen and oxygen atoms in total. The highest BCUT2D eigenvalue weighted by Crippen LogP contribution is 2.23. The van der Waals surface area contributed by atoms with Gasteiger partial charge in [0.2, 0.25) is 0 Å². The molecular formula is C16H13N3OS. The van der Waals surface area contributed by atoms with Crippen molar-refractivity contribution in [1.82, 2.24) is 4.98 Å². The van der Waals surface area contributed by atoms with Crippen molar-refractivity contribution < 1.29 is 4.79 Å². The molecule has 104 valence electrons. The fourth-order valence-corrected chi connectivity index (χ4v) is 2.58. The van der Waals surface area contributed by atoms with Crippen LogP contribution in [0.1, 0.15) is 10.4 Å². The molecule has 3 N–H and O–H groups in total. The largest absolute Gasteiger partial charge is 0.397 e. The molecular weight excluding hydrogens is 282 g/mol. The van der Waals surface area contributed by atoms with E-state index in [4.69, 9.17) is 5.73 Å². The molecule has 1 amide bonds. The van der Waals surface area contributed by atoms with Gasteiger partial charge in [0.05, 0.1) is 11.4 Å². The molecule has 0 aliphatic rings. The molecule has 1 aromatic heterocycles. The second kappa shape index (κ2) is 5.76. The molecule has 0 atom stereocenters. The molecule has 2 aromatic carbocycles. The number of para-hydroxylation sites is 2. The smallest absolute Gasteiger partial charge is 0.255 e. The number of carbonyl (C=O) groups excluding carboxylic acids is 1. The van der Waals surface area contributed by atoms with Crippen LogP contribution in [0.4, 0.5) is 11.4 Å². The number of hydrogen-bond acceptors (Lipinski definition) is 4. The minimum Gasteiger partial charge on any atom is -0.397 e. The first-order valence-corrected chi connectivity index (χ1v) is 7.28. The van der Waals surface area contributed by atoms with Crippen LogP contribution >= 0.6 is 11.3 Å². The Morgan fingerprint density at radius 3 is 2.52 bits per heavy atom. The van der Waals surface area contributed by atoms with Gasteiger partial charge < -0.3 is 11.1 Å². The van der Waals surface area contributed by atoms with E-state index < -0.39 is 0 Å². The van der Waals surface area contributed by atoms with E-state index >= 15 is 0 Å². The molecule has 0 aliphatic heterocycles. The molecule has 0 aliphatic carbocycles. The average molecular weight is 295 g/mol. The number of thiazole rings is 1. The second-order valence-corrected chi connectivity index (χ2v) is 5.35. The van der Waals surface area contributed by atoms with Crippen molar-refractivity contribution in [1.29, 1.82) is 0 Å². The Morgan fingerprint density at radius 2 is 1.86 bits per heavy atom. The predicted molar refractivity (Wildman–Crippen MR) is 86.4 cm³/mol. The molecule has 0 spiro atoms. The van der Waals surface area contributed by atoms with Gasteiger partial charge in [-0.25, -0.2) is 4.98 Å². The lowest BCUT2D eigenvalue weighted by Gasteiger charge is -2.08. The standard InChI is InChI=1S/C16H13N3OS/c17-13-3-1-2-4-14(13)19-15(20)11-5-7-12(8-6-11)16-18-9-10-21-16/h1-10H,17H2,(H,19,20). The number of rotatable bonds is 3. The van der Waals surface area contributed by atoms with Gasteiger partial charge in [-0.05, 0) is 24.3 Å². The van der Waals surface area contributed by atoms with E-state index in [9.17, 15) is 4.79 Å². The summed E-state index contributed by atoms with van der Waals surface area (Å²) in [6, 6.07) is 14.5. The molecule has 0 saturated heterocycles. The minimum atomic E-state index is -0.182. The number of anilines is 2. The molecule has 0 radical (unpaired) electrons. The second-order valence-electron chi connectivity index (χ2n) is 4.46. The van der Waals surface area contributed by atoms with Gasteiger partial charge in [0.15, 0.2) is 0 Å². The highest BCUT2D eigenvalue weighted by Gasteiger charge is 2.08. The Labute approximate surface area is 126 Å². The molecule has 0 fully saturated rings. The number of nitrogens with zero attached hydrogens (tertiary/aromatic N) is 1. The quantitative estimate of drug-likeness (QED) is 0.725. The van der Waals surface area contributed by atoms with Crippen molar-refractivity contribution in [3.05, 3.63) is 65.7 Å². The first kappa shape index (κ1) is 13.3. The van der Waals surface area contributed by atoms with Gasteiger partial charge in [-0.2, -0.15) is 0 Å². The Hall–Kier alpha value is -2.66. The Bertz CT molecular complexity index is 751. The summed E-state index contributed by atoms with van der Waals surface area (Å²) in [6.07, 6.45) is 1.76. The maximum Gasteiger partial charge on any atom is 0.255 e. The summed E-state index contributed by atoms with van der Waals surface area (Å²) in [7, 11) is 0. The highest BCUT2D eigenvalue weighted by atomic mass is 32.1. The van der Waals surface area contributed by atoms with Crippen LogP contribution in [0.2, 0.25) is 0 Å². The highest BCUT2D eigenvalue weighted by molar-refractivity contribution is 7.13. The topological polar surface area (TPSA) is 68.0 Å². The van der Waals surface area contributed by atoms with Gasteiger partial charge >= 0.3 is 0 Å². The fourth-order valence-electron chi connectivity index (χ4n) is 1.94. The van der Waals surface area contributed by atoms with E-state index in [1.54, 1.807) is 41.8 Å². The molecule has 3 aromatic rings. The van der Waals surface area contributed by atoms with Crippen molar-refractivity contribution in [2.45, 2.75) is 0 Å². The zero-order valence-electron chi connectivity index (χ0n) is 11.1. The van der Waals surface area contributed by atoms with Gasteiger partial charge in [0.25, 0.3) is 5.91 Å². The third kappa shape index (κ3) is 2.93. The molecule has 0 bridgehead atoms. The van der Waals surface area contributed by atoms with Gasteiger partial charge in [-0.3, -0.25) is 4.79 Å². The maximum atomic E-state index is 12.2. The maximum absolute atomic E-state index is 12.2. The van der Waals surface area contributed by atoms with Crippen LogP contribution in [0.5, 0.6) is 0 Å². The monoisotopic (exact) mass is 295 g/mol. The molecule has 0 saturated carbocycles. The van der Waals surface area contributed by atoms with Crippen molar-refractivity contribution in [2.24, 2.45) is 0 Å². The normalized spacial score (nSPS) is 10.3. The van der Waals surface area contributed by atoms with Crippen molar-refractivity contribution in [2.75, 3.05) is 11.1 Å². The molecule has 21 heavy (non-hydrogen) atoms. The summed E-state index contributed by atoms with van der Waals surface area (Å²) in [5.41, 5.74) is 8.56. The van der Waals surface area contributed by atoms with Crippen LogP contribution in [-0.4, -0.2) is 10.9 Å². The van der Waals surface area contributed by atoms with Gasteiger partial charge in [-0.15, -0.1) is 11.3 Å². The van der Waals surface area contributed by atoms with E-state index in [1.165, 1.54) is 0 Å². The first-order valence-electron chi connectivity index (χ1n) is 6.40. The summed E-state index contributed by atoms with van der Waals surface area (Å²) >= 11 is 1.57. The van der Waals surface area contributed by atoms with E-state index in [0.717, 1.165) is 10.6 Å². The van der Waals surface area contributed by atoms with Crippen LogP contribution in [-0.2, 0) is 0 Å². The average Bonchev–Trinajstić information content (AvgIpc) is 3.04. The summed E-state index contributed by atoms with van der Waals surface area (Å²) in [5.74, 6) is -0.182. The zero-order chi connectivity index (χ0) is 14.7. The summed E-state index contributed by atoms with van der Waals surface area (Å²) < 4.78 is 0. The van der Waals surface area contributed by atoms with Crippen molar-refractivity contribution >= 4 is 28.6 Å². The van der Waals surface area contributed by atoms with E-state index in [-0.39, 0.29) is 5.91 Å². The van der Waals surface area contributed by atoms with Crippen LogP contribution in [0.15, 0.2) is 60.1 Å². The number of nitrogen functional groups attached to an aromatic ring is 1. The number of carbonyl (C=O) groups is 1. The zero-order valence-corrected chi connectivity index (χ0v) is 11.9. The van der Waals surface area contributed by atoms with Crippen molar-refractivity contribution in [3.8, 4) is 10.6 Å². The molecule has 5 heteroatoms. The lowest BCUT2D eigenvalue weighted by atomic mass is 10.1. The SMILES string of the molecule is Nc1ccccc1NC(=O)c1ccc(-c2nccs2)cc1. The number of nitrogens with one attached hydrogen (secondary N) is 1. The molecule has 1 heterocycles. The first-order chi connectivity index (χ1) is 10.2. The number of nitrogens with two attached hydrogens (primary N) is 1. The number of hydrogen-bond donors (Lipinski definition) is 2. The number of aromatic nitrogens is 1. The van der Waals surface area contributed by atoms with Crippen LogP contribution < -0.4 is 11.1 Å². The van der Waals surface area contributed by atoms with Crippen LogP contribution in [0, 0.1) is 0 Å². The summed E-state index contributed by atoms with van der Waals surface area (Å²) in [6.45, 7) is 0. The van der Waals surface area contributed by atoms with Crippen LogP contribution in [0.25, 0.3) is 10.6 Å². The Balaban J connectivity index is 1.78. The fraction of sp³-hybridized carbons (Fsp3) is 0. The Morgan fingerprint density at radius 1 is 1.10 bits per heavy atom. The Kier molecular flexibility index (Phi) is 3.66. The van der Waals surface area contributed by atoms with Crippen LogP contribution in [0.3, 0.4) is 0 Å². The summed E-state index contributed by atoms with van der Waals surface area (Å²) in [5, 5.41) is 5.67. The van der Waals surface area contributed by atoms with E-state index in [2.05, 4.69) is 10.3 Å². The van der Waals surface area contributed by atoms with Crippen molar-refractivity contribution in [3.63, 3.8) is 0 Å². The lowest BCUT2D eigenvalue weighted by Crippen LogP contribution is -2.12. The minimum absolute atomic E-state index is 0.182. The van der Waals surface area contributed by atoms with E-state index in [0.29, 0.717) is 16.9 Å². The number of benzene rings is 2. The van der Waals surface area contributed by atoms with Gasteiger partial charge in [0, 0.05) is 22.7 Å². The number of amides is 1. The van der Waals surface area contributed by atoms with Gasteiger partial charge in [-0.1, -0.05) is 24.3 Å². The molecule has 0 unspecified atom stereocenters. The lowest BCUT2D eigenvalue weighted by molar-refractivity contribution is 0.102. The van der Waals surface area contributed by atoms with E-state index in [1.807, 2.05) is 29.6 Å². The third-order valence-electron chi connectivity index (χ3n) is 3.04. The molecule has 3 rings (SSSR count). The summed E-state index contributed by atoms with van der Waals surface area (Å²) in [4.78, 5) is 16.4. The predicted octanol–water partition coefficient (Wildman–Crippen LogP) is 3.64. The van der Waals surface area contributed by atoms with Gasteiger partial charge in [0.1, 0.15) is 5.01 Å².